The Morgan fingerprint density at radius 2 is 1.54 bits per heavy atom. The molecule has 0 saturated carbocycles. The number of urea groups is 1. The Hall–Kier alpha value is -3.20. The Morgan fingerprint density at radius 1 is 0.914 bits per heavy atom. The monoisotopic (exact) mass is 521 g/mol. The summed E-state index contributed by atoms with van der Waals surface area (Å²) in [6.45, 7) is 3.64. The molecular weight excluding hydrogens is 499 g/mol. The van der Waals surface area contributed by atoms with Crippen LogP contribution in [0.5, 0.6) is 0 Å². The number of carbonyl (C=O) groups is 2. The first-order chi connectivity index (χ1) is 16.5. The molecule has 0 bridgehead atoms. The predicted octanol–water partition coefficient (Wildman–Crippen LogP) is 6.50. The minimum Gasteiger partial charge on any atom is -0.387 e. The third-order valence-electron chi connectivity index (χ3n) is 5.15. The van der Waals surface area contributed by atoms with Gasteiger partial charge >= 0.3 is 6.03 Å². The lowest BCUT2D eigenvalue weighted by Crippen LogP contribution is -2.42. The van der Waals surface area contributed by atoms with Gasteiger partial charge in [0.2, 0.25) is 0 Å². The molecule has 3 rings (SSSR count). The molecular formula is C25H23Cl2F2N3O3. The van der Waals surface area contributed by atoms with Crippen molar-refractivity contribution < 1.29 is 23.5 Å². The molecule has 3 aromatic rings. The lowest BCUT2D eigenvalue weighted by molar-refractivity contribution is 0.102. The zero-order valence-electron chi connectivity index (χ0n) is 18.9. The summed E-state index contributed by atoms with van der Waals surface area (Å²) in [6.07, 6.45) is -0.984. The van der Waals surface area contributed by atoms with E-state index in [4.69, 9.17) is 23.2 Å². The summed E-state index contributed by atoms with van der Waals surface area (Å²) in [7, 11) is 0. The maximum absolute atomic E-state index is 13.8. The van der Waals surface area contributed by atoms with Crippen LogP contribution in [-0.4, -0.2) is 34.5 Å². The maximum atomic E-state index is 13.8. The van der Waals surface area contributed by atoms with E-state index in [0.717, 1.165) is 12.1 Å². The average Bonchev–Trinajstić information content (AvgIpc) is 2.80. The van der Waals surface area contributed by atoms with Gasteiger partial charge in [-0.3, -0.25) is 4.79 Å². The van der Waals surface area contributed by atoms with Crippen molar-refractivity contribution in [1.82, 2.24) is 4.90 Å². The SMILES string of the molecule is CC(C)N(C[C@@H](O)c1ccc(Cl)c(Cl)c1)C(=O)Nc1ccc(NC(=O)c2ccc(F)cc2F)cc1. The van der Waals surface area contributed by atoms with Crippen molar-refractivity contribution in [2.45, 2.75) is 26.0 Å². The molecule has 0 fully saturated rings. The van der Waals surface area contributed by atoms with Crippen molar-refractivity contribution in [2.75, 3.05) is 17.2 Å². The normalized spacial score (nSPS) is 11.8. The van der Waals surface area contributed by atoms with Crippen LogP contribution >= 0.6 is 23.2 Å². The first kappa shape index (κ1) is 26.4. The Morgan fingerprint density at radius 3 is 2.11 bits per heavy atom. The highest BCUT2D eigenvalue weighted by molar-refractivity contribution is 6.42. The fourth-order valence-corrected chi connectivity index (χ4v) is 3.55. The van der Waals surface area contributed by atoms with Gasteiger partial charge in [0, 0.05) is 23.5 Å². The molecule has 184 valence electrons. The molecule has 0 heterocycles. The highest BCUT2D eigenvalue weighted by atomic mass is 35.5. The molecule has 0 saturated heterocycles. The van der Waals surface area contributed by atoms with E-state index in [9.17, 15) is 23.5 Å². The van der Waals surface area contributed by atoms with Gasteiger partial charge in [0.1, 0.15) is 11.6 Å². The van der Waals surface area contributed by atoms with E-state index in [1.807, 2.05) is 13.8 Å². The van der Waals surface area contributed by atoms with Crippen molar-refractivity contribution in [3.63, 3.8) is 0 Å². The van der Waals surface area contributed by atoms with Crippen molar-refractivity contribution in [1.29, 1.82) is 0 Å². The van der Waals surface area contributed by atoms with Gasteiger partial charge in [-0.05, 0) is 67.9 Å². The minimum absolute atomic E-state index is 0.0127. The number of amides is 3. The van der Waals surface area contributed by atoms with E-state index in [1.54, 1.807) is 30.3 Å². The maximum Gasteiger partial charge on any atom is 0.322 e. The molecule has 10 heteroatoms. The first-order valence-electron chi connectivity index (χ1n) is 10.6. The van der Waals surface area contributed by atoms with E-state index < -0.39 is 29.7 Å². The smallest absolute Gasteiger partial charge is 0.322 e. The number of anilines is 2. The van der Waals surface area contributed by atoms with Crippen LogP contribution in [0.1, 0.15) is 35.9 Å². The molecule has 1 atom stereocenters. The van der Waals surface area contributed by atoms with Crippen LogP contribution < -0.4 is 10.6 Å². The number of nitrogens with zero attached hydrogens (tertiary/aromatic N) is 1. The number of nitrogens with one attached hydrogen (secondary N) is 2. The molecule has 3 amide bonds. The highest BCUT2D eigenvalue weighted by Gasteiger charge is 2.22. The zero-order chi connectivity index (χ0) is 25.7. The summed E-state index contributed by atoms with van der Waals surface area (Å²) >= 11 is 11.9. The summed E-state index contributed by atoms with van der Waals surface area (Å²) in [5.41, 5.74) is 1.02. The van der Waals surface area contributed by atoms with Gasteiger partial charge in [-0.15, -0.1) is 0 Å². The van der Waals surface area contributed by atoms with Gasteiger partial charge in [0.25, 0.3) is 5.91 Å². The van der Waals surface area contributed by atoms with Crippen LogP contribution in [0, 0.1) is 11.6 Å². The van der Waals surface area contributed by atoms with Crippen molar-refractivity contribution in [3.8, 4) is 0 Å². The van der Waals surface area contributed by atoms with Crippen molar-refractivity contribution in [2.24, 2.45) is 0 Å². The second-order valence-corrected chi connectivity index (χ2v) is 8.84. The van der Waals surface area contributed by atoms with E-state index in [2.05, 4.69) is 10.6 Å². The number of hydrogen-bond acceptors (Lipinski definition) is 3. The first-order valence-corrected chi connectivity index (χ1v) is 11.4. The molecule has 3 aromatic carbocycles. The molecule has 0 aliphatic rings. The minimum atomic E-state index is -0.984. The van der Waals surface area contributed by atoms with Gasteiger partial charge in [-0.25, -0.2) is 13.6 Å². The lowest BCUT2D eigenvalue weighted by Gasteiger charge is -2.29. The Bertz CT molecular complexity index is 1220. The fourth-order valence-electron chi connectivity index (χ4n) is 3.24. The standard InChI is InChI=1S/C25H23Cl2F2N3O3/c1-14(2)32(13-23(33)15-3-10-20(26)21(27)11-15)25(35)31-18-7-5-17(6-8-18)30-24(34)19-9-4-16(28)12-22(19)29/h3-12,14,23,33H,13H2,1-2H3,(H,30,34)(H,31,35)/t23-/m1/s1. The summed E-state index contributed by atoms with van der Waals surface area (Å²) < 4.78 is 26.9. The molecule has 0 radical (unpaired) electrons. The summed E-state index contributed by atoms with van der Waals surface area (Å²) in [4.78, 5) is 26.6. The van der Waals surface area contributed by atoms with Crippen LogP contribution in [0.25, 0.3) is 0 Å². The molecule has 0 aliphatic heterocycles. The van der Waals surface area contributed by atoms with Crippen LogP contribution in [0.3, 0.4) is 0 Å². The number of aliphatic hydroxyl groups excluding tert-OH is 1. The van der Waals surface area contributed by atoms with Crippen LogP contribution in [0.2, 0.25) is 10.0 Å². The fraction of sp³-hybridized carbons (Fsp3) is 0.200. The number of hydrogen-bond donors (Lipinski definition) is 3. The third kappa shape index (κ3) is 6.91. The second-order valence-electron chi connectivity index (χ2n) is 8.02. The van der Waals surface area contributed by atoms with Gasteiger partial charge in [0.05, 0.1) is 28.3 Å². The molecule has 0 aromatic heterocycles. The molecule has 0 spiro atoms. The zero-order valence-corrected chi connectivity index (χ0v) is 20.4. The quantitative estimate of drug-likeness (QED) is 0.331. The van der Waals surface area contributed by atoms with Crippen LogP contribution in [0.15, 0.2) is 60.7 Å². The summed E-state index contributed by atoms with van der Waals surface area (Å²) in [5.74, 6) is -2.48. The molecule has 0 unspecified atom stereocenters. The average molecular weight is 522 g/mol. The van der Waals surface area contributed by atoms with Gasteiger partial charge < -0.3 is 20.6 Å². The Balaban J connectivity index is 1.64. The van der Waals surface area contributed by atoms with Crippen LogP contribution in [-0.2, 0) is 0 Å². The number of halogens is 4. The number of aliphatic hydroxyl groups is 1. The molecule has 3 N–H and O–H groups in total. The molecule has 6 nitrogen and oxygen atoms in total. The van der Waals surface area contributed by atoms with Crippen molar-refractivity contribution in [3.05, 3.63) is 93.5 Å². The summed E-state index contributed by atoms with van der Waals surface area (Å²) in [6, 6.07) is 13.0. The third-order valence-corrected chi connectivity index (χ3v) is 5.89. The lowest BCUT2D eigenvalue weighted by atomic mass is 10.1. The molecule has 35 heavy (non-hydrogen) atoms. The van der Waals surface area contributed by atoms with E-state index in [0.29, 0.717) is 33.0 Å². The second kappa shape index (κ2) is 11.5. The summed E-state index contributed by atoms with van der Waals surface area (Å²) in [5, 5.41) is 16.5. The van der Waals surface area contributed by atoms with Crippen molar-refractivity contribution >= 4 is 46.5 Å². The highest BCUT2D eigenvalue weighted by Crippen LogP contribution is 2.26. The Kier molecular flexibility index (Phi) is 8.67. The molecule has 0 aliphatic carbocycles. The topological polar surface area (TPSA) is 81.7 Å². The van der Waals surface area contributed by atoms with Gasteiger partial charge in [-0.2, -0.15) is 0 Å². The van der Waals surface area contributed by atoms with E-state index in [-0.39, 0.29) is 18.2 Å². The number of rotatable bonds is 7. The van der Waals surface area contributed by atoms with Gasteiger partial charge in [-0.1, -0.05) is 29.3 Å². The van der Waals surface area contributed by atoms with Crippen LogP contribution in [0.4, 0.5) is 25.0 Å². The Labute approximate surface area is 211 Å². The van der Waals surface area contributed by atoms with E-state index in [1.165, 1.54) is 17.0 Å². The largest absolute Gasteiger partial charge is 0.387 e. The van der Waals surface area contributed by atoms with E-state index >= 15 is 0 Å². The predicted molar refractivity (Wildman–Crippen MR) is 133 cm³/mol. The van der Waals surface area contributed by atoms with Gasteiger partial charge in [0.15, 0.2) is 0 Å². The number of benzene rings is 3. The number of carbonyl (C=O) groups excluding carboxylic acids is 2.